The molecule has 1 rings (SSSR count). The molecule has 0 saturated heterocycles. The summed E-state index contributed by atoms with van der Waals surface area (Å²) in [4.78, 5) is 0. The number of anilines is 2. The molecule has 0 radical (unpaired) electrons. The minimum atomic E-state index is 0.467. The van der Waals surface area contributed by atoms with Crippen LogP contribution < -0.4 is 11.1 Å². The molecule has 1 aromatic rings. The average molecular weight is 206 g/mol. The molecule has 1 aromatic carbocycles. The number of nitrogens with one attached hydrogen (secondary N) is 1. The van der Waals surface area contributed by atoms with E-state index < -0.39 is 0 Å². The Morgan fingerprint density at radius 3 is 2.53 bits per heavy atom. The van der Waals surface area contributed by atoms with Gasteiger partial charge in [0.25, 0.3) is 0 Å². The summed E-state index contributed by atoms with van der Waals surface area (Å²) in [6.07, 6.45) is 1.16. The molecule has 0 fully saturated rings. The largest absolute Gasteiger partial charge is 0.397 e. The lowest BCUT2D eigenvalue weighted by molar-refractivity contribution is 0.540. The lowest BCUT2D eigenvalue weighted by Crippen LogP contribution is -2.18. The number of hydrogen-bond donors (Lipinski definition) is 2. The SMILES string of the molecule is Cc1ccc(N)c(NC(C)CC(C)C)c1. The average Bonchev–Trinajstić information content (AvgIpc) is 2.10. The molecule has 0 aliphatic rings. The Bertz CT molecular complexity index is 318. The van der Waals surface area contributed by atoms with Gasteiger partial charge in [-0.1, -0.05) is 19.9 Å². The number of rotatable bonds is 4. The van der Waals surface area contributed by atoms with E-state index in [4.69, 9.17) is 5.73 Å². The maximum Gasteiger partial charge on any atom is 0.0578 e. The second-order valence-corrected chi connectivity index (χ2v) is 4.77. The first-order valence-corrected chi connectivity index (χ1v) is 5.61. The van der Waals surface area contributed by atoms with Crippen molar-refractivity contribution in [1.29, 1.82) is 0 Å². The van der Waals surface area contributed by atoms with Crippen LogP contribution in [0.25, 0.3) is 0 Å². The summed E-state index contributed by atoms with van der Waals surface area (Å²) in [7, 11) is 0. The highest BCUT2D eigenvalue weighted by Crippen LogP contribution is 2.21. The quantitative estimate of drug-likeness (QED) is 0.741. The third-order valence-corrected chi connectivity index (χ3v) is 2.44. The van der Waals surface area contributed by atoms with Crippen molar-refractivity contribution in [2.45, 2.75) is 40.2 Å². The molecule has 3 N–H and O–H groups in total. The van der Waals surface area contributed by atoms with Gasteiger partial charge in [-0.15, -0.1) is 0 Å². The predicted octanol–water partition coefficient (Wildman–Crippen LogP) is 3.42. The first-order chi connectivity index (χ1) is 6.99. The zero-order valence-corrected chi connectivity index (χ0v) is 10.2. The maximum absolute atomic E-state index is 5.91. The van der Waals surface area contributed by atoms with Gasteiger partial charge in [0.1, 0.15) is 0 Å². The highest BCUT2D eigenvalue weighted by atomic mass is 14.9. The monoisotopic (exact) mass is 206 g/mol. The van der Waals surface area contributed by atoms with Gasteiger partial charge in [-0.2, -0.15) is 0 Å². The number of aryl methyl sites for hydroxylation is 1. The standard InChI is InChI=1S/C13H22N2/c1-9(2)7-11(4)15-13-8-10(3)5-6-12(13)14/h5-6,8-9,11,15H,7,14H2,1-4H3. The van der Waals surface area contributed by atoms with Gasteiger partial charge >= 0.3 is 0 Å². The first-order valence-electron chi connectivity index (χ1n) is 5.61. The zero-order valence-electron chi connectivity index (χ0n) is 10.2. The number of nitrogen functional groups attached to an aromatic ring is 1. The van der Waals surface area contributed by atoms with E-state index in [9.17, 15) is 0 Å². The summed E-state index contributed by atoms with van der Waals surface area (Å²) < 4.78 is 0. The smallest absolute Gasteiger partial charge is 0.0578 e. The Balaban J connectivity index is 2.67. The van der Waals surface area contributed by atoms with E-state index in [1.165, 1.54) is 5.56 Å². The Labute approximate surface area is 92.9 Å². The number of benzene rings is 1. The fourth-order valence-electron chi connectivity index (χ4n) is 1.83. The second kappa shape index (κ2) is 5.06. The van der Waals surface area contributed by atoms with Crippen LogP contribution in [0.3, 0.4) is 0 Å². The van der Waals surface area contributed by atoms with Crippen LogP contribution in [0.1, 0.15) is 32.8 Å². The highest BCUT2D eigenvalue weighted by Gasteiger charge is 2.06. The van der Waals surface area contributed by atoms with Gasteiger partial charge in [-0.3, -0.25) is 0 Å². The van der Waals surface area contributed by atoms with Crippen molar-refractivity contribution in [2.24, 2.45) is 5.92 Å². The van der Waals surface area contributed by atoms with Gasteiger partial charge in [-0.05, 0) is 43.9 Å². The predicted molar refractivity (Wildman–Crippen MR) is 68.1 cm³/mol. The molecule has 0 aromatic heterocycles. The van der Waals surface area contributed by atoms with Crippen LogP contribution in [0, 0.1) is 12.8 Å². The van der Waals surface area contributed by atoms with Crippen LogP contribution in [-0.4, -0.2) is 6.04 Å². The molecule has 0 saturated carbocycles. The van der Waals surface area contributed by atoms with Crippen LogP contribution in [0.2, 0.25) is 0 Å². The van der Waals surface area contributed by atoms with Crippen LogP contribution in [0.5, 0.6) is 0 Å². The fourth-order valence-corrected chi connectivity index (χ4v) is 1.83. The van der Waals surface area contributed by atoms with E-state index >= 15 is 0 Å². The molecule has 0 heterocycles. The summed E-state index contributed by atoms with van der Waals surface area (Å²) in [6, 6.07) is 6.56. The lowest BCUT2D eigenvalue weighted by atomic mass is 10.0. The molecule has 1 unspecified atom stereocenters. The third-order valence-electron chi connectivity index (χ3n) is 2.44. The van der Waals surface area contributed by atoms with Crippen LogP contribution in [-0.2, 0) is 0 Å². The van der Waals surface area contributed by atoms with Gasteiger partial charge < -0.3 is 11.1 Å². The molecule has 0 spiro atoms. The fraction of sp³-hybridized carbons (Fsp3) is 0.538. The van der Waals surface area contributed by atoms with E-state index in [1.54, 1.807) is 0 Å². The molecule has 0 bridgehead atoms. The molecule has 0 aliphatic heterocycles. The summed E-state index contributed by atoms with van der Waals surface area (Å²) in [5, 5.41) is 3.46. The molecular weight excluding hydrogens is 184 g/mol. The van der Waals surface area contributed by atoms with E-state index in [1.807, 2.05) is 12.1 Å². The minimum absolute atomic E-state index is 0.467. The summed E-state index contributed by atoms with van der Waals surface area (Å²) in [5.41, 5.74) is 9.03. The molecule has 15 heavy (non-hydrogen) atoms. The highest BCUT2D eigenvalue weighted by molar-refractivity contribution is 5.67. The Morgan fingerprint density at radius 2 is 1.93 bits per heavy atom. The van der Waals surface area contributed by atoms with Crippen molar-refractivity contribution in [3.05, 3.63) is 23.8 Å². The van der Waals surface area contributed by atoms with Gasteiger partial charge in [-0.25, -0.2) is 0 Å². The lowest BCUT2D eigenvalue weighted by Gasteiger charge is -2.18. The molecule has 1 atom stereocenters. The number of hydrogen-bond acceptors (Lipinski definition) is 2. The van der Waals surface area contributed by atoms with Crippen molar-refractivity contribution in [2.75, 3.05) is 11.1 Å². The van der Waals surface area contributed by atoms with Crippen molar-refractivity contribution < 1.29 is 0 Å². The minimum Gasteiger partial charge on any atom is -0.397 e. The maximum atomic E-state index is 5.91. The molecule has 0 amide bonds. The molecule has 2 heteroatoms. The Hall–Kier alpha value is -1.18. The summed E-state index contributed by atoms with van der Waals surface area (Å²) >= 11 is 0. The summed E-state index contributed by atoms with van der Waals surface area (Å²) in [5.74, 6) is 0.707. The topological polar surface area (TPSA) is 38.0 Å². The van der Waals surface area contributed by atoms with E-state index in [-0.39, 0.29) is 0 Å². The van der Waals surface area contributed by atoms with Crippen LogP contribution >= 0.6 is 0 Å². The molecule has 0 aliphatic carbocycles. The van der Waals surface area contributed by atoms with Gasteiger partial charge in [0.05, 0.1) is 11.4 Å². The Morgan fingerprint density at radius 1 is 1.27 bits per heavy atom. The van der Waals surface area contributed by atoms with Gasteiger partial charge in [0.15, 0.2) is 0 Å². The van der Waals surface area contributed by atoms with E-state index in [0.717, 1.165) is 17.8 Å². The van der Waals surface area contributed by atoms with Gasteiger partial charge in [0.2, 0.25) is 0 Å². The van der Waals surface area contributed by atoms with Crippen LogP contribution in [0.15, 0.2) is 18.2 Å². The van der Waals surface area contributed by atoms with E-state index in [0.29, 0.717) is 12.0 Å². The first kappa shape index (κ1) is 11.9. The summed E-state index contributed by atoms with van der Waals surface area (Å²) in [6.45, 7) is 8.75. The third kappa shape index (κ3) is 3.82. The normalized spacial score (nSPS) is 12.9. The van der Waals surface area contributed by atoms with E-state index in [2.05, 4.69) is 39.1 Å². The number of nitrogens with two attached hydrogens (primary N) is 1. The van der Waals surface area contributed by atoms with Crippen molar-refractivity contribution >= 4 is 11.4 Å². The van der Waals surface area contributed by atoms with Crippen molar-refractivity contribution in [3.8, 4) is 0 Å². The molecule has 2 nitrogen and oxygen atoms in total. The molecular formula is C13H22N2. The van der Waals surface area contributed by atoms with Crippen LogP contribution in [0.4, 0.5) is 11.4 Å². The van der Waals surface area contributed by atoms with Crippen molar-refractivity contribution in [3.63, 3.8) is 0 Å². The van der Waals surface area contributed by atoms with Gasteiger partial charge in [0, 0.05) is 6.04 Å². The Kier molecular flexibility index (Phi) is 4.01. The van der Waals surface area contributed by atoms with Crippen molar-refractivity contribution in [1.82, 2.24) is 0 Å². The molecule has 84 valence electrons. The second-order valence-electron chi connectivity index (χ2n) is 4.77. The zero-order chi connectivity index (χ0) is 11.4.